The number of halogens is 1. The summed E-state index contributed by atoms with van der Waals surface area (Å²) in [7, 11) is 1.77. The quantitative estimate of drug-likeness (QED) is 0.796. The third-order valence-electron chi connectivity index (χ3n) is 3.86. The lowest BCUT2D eigenvalue weighted by molar-refractivity contribution is -0.118. The van der Waals surface area contributed by atoms with E-state index in [9.17, 15) is 4.79 Å². The zero-order valence-corrected chi connectivity index (χ0v) is 11.7. The van der Waals surface area contributed by atoms with E-state index in [1.807, 2.05) is 0 Å². The van der Waals surface area contributed by atoms with Gasteiger partial charge in [-0.25, -0.2) is 4.98 Å². The van der Waals surface area contributed by atoms with E-state index in [2.05, 4.69) is 14.9 Å². The maximum absolute atomic E-state index is 12.0. The van der Waals surface area contributed by atoms with Gasteiger partial charge in [0.05, 0.1) is 6.20 Å². The van der Waals surface area contributed by atoms with Crippen LogP contribution in [-0.4, -0.2) is 36.0 Å². The van der Waals surface area contributed by atoms with E-state index in [1.54, 1.807) is 18.1 Å². The highest BCUT2D eigenvalue weighted by Crippen LogP contribution is 2.35. The molecule has 0 aromatic carbocycles. The fraction of sp³-hybridized carbons (Fsp3) is 0.615. The second-order valence-electron chi connectivity index (χ2n) is 5.27. The molecule has 102 valence electrons. The zero-order valence-electron chi connectivity index (χ0n) is 11.0. The number of carbonyl (C=O) groups is 1. The molecule has 2 aliphatic rings. The van der Waals surface area contributed by atoms with E-state index in [0.29, 0.717) is 13.0 Å². The molecule has 1 aromatic rings. The molecule has 1 aromatic heterocycles. The van der Waals surface area contributed by atoms with Crippen LogP contribution in [0, 0.1) is 5.92 Å². The first-order valence-corrected chi connectivity index (χ1v) is 7.07. The Kier molecular flexibility index (Phi) is 3.31. The number of amides is 1. The third-order valence-corrected chi connectivity index (χ3v) is 4.04. The van der Waals surface area contributed by atoms with Gasteiger partial charge in [-0.15, -0.1) is 0 Å². The molecular weight excluding hydrogens is 264 g/mol. The highest BCUT2D eigenvalue weighted by Gasteiger charge is 2.28. The number of nitrogens with zero attached hydrogens (tertiary/aromatic N) is 4. The molecule has 6 heteroatoms. The lowest BCUT2D eigenvalue weighted by Crippen LogP contribution is -2.27. The van der Waals surface area contributed by atoms with Crippen LogP contribution in [0.1, 0.15) is 25.7 Å². The number of anilines is 2. The topological polar surface area (TPSA) is 49.3 Å². The SMILES string of the molecule is CN1C(=O)CCN(CCC2CC2)c2nc(Cl)ncc21. The largest absolute Gasteiger partial charge is 0.354 e. The van der Waals surface area contributed by atoms with Crippen molar-refractivity contribution >= 4 is 29.0 Å². The first-order chi connectivity index (χ1) is 9.15. The van der Waals surface area contributed by atoms with Crippen LogP contribution in [0.5, 0.6) is 0 Å². The molecule has 2 heterocycles. The van der Waals surface area contributed by atoms with E-state index < -0.39 is 0 Å². The summed E-state index contributed by atoms with van der Waals surface area (Å²) in [4.78, 5) is 24.1. The summed E-state index contributed by atoms with van der Waals surface area (Å²) >= 11 is 5.90. The van der Waals surface area contributed by atoms with Crippen LogP contribution < -0.4 is 9.80 Å². The standard InChI is InChI=1S/C13H17ClN4O/c1-17-10-8-15-13(14)16-12(10)18(7-5-11(17)19)6-4-9-2-3-9/h8-9H,2-7H2,1H3. The van der Waals surface area contributed by atoms with E-state index in [0.717, 1.165) is 24.0 Å². The predicted octanol–water partition coefficient (Wildman–Crippen LogP) is 2.10. The minimum atomic E-state index is 0.0982. The van der Waals surface area contributed by atoms with Gasteiger partial charge in [-0.3, -0.25) is 4.79 Å². The average molecular weight is 281 g/mol. The van der Waals surface area contributed by atoms with Crippen LogP contribution in [0.4, 0.5) is 11.5 Å². The predicted molar refractivity (Wildman–Crippen MR) is 74.6 cm³/mol. The van der Waals surface area contributed by atoms with Crippen molar-refractivity contribution in [2.75, 3.05) is 29.9 Å². The molecule has 0 radical (unpaired) electrons. The zero-order chi connectivity index (χ0) is 13.4. The minimum absolute atomic E-state index is 0.0982. The monoisotopic (exact) mass is 280 g/mol. The molecule has 3 rings (SSSR count). The van der Waals surface area contributed by atoms with Crippen molar-refractivity contribution < 1.29 is 4.79 Å². The highest BCUT2D eigenvalue weighted by molar-refractivity contribution is 6.28. The Labute approximate surface area is 117 Å². The van der Waals surface area contributed by atoms with Crippen LogP contribution in [0.15, 0.2) is 6.20 Å². The summed E-state index contributed by atoms with van der Waals surface area (Å²) in [5.41, 5.74) is 0.752. The number of fused-ring (bicyclic) bond motifs is 1. The highest BCUT2D eigenvalue weighted by atomic mass is 35.5. The Bertz CT molecular complexity index is 503. The first-order valence-electron chi connectivity index (χ1n) is 6.69. The summed E-state index contributed by atoms with van der Waals surface area (Å²) in [5.74, 6) is 1.74. The lowest BCUT2D eigenvalue weighted by atomic mass is 10.2. The second-order valence-corrected chi connectivity index (χ2v) is 5.61. The van der Waals surface area contributed by atoms with Gasteiger partial charge >= 0.3 is 0 Å². The average Bonchev–Trinajstić information content (AvgIpc) is 3.21. The Morgan fingerprint density at radius 2 is 2.26 bits per heavy atom. The summed E-state index contributed by atoms with van der Waals surface area (Å²) in [6, 6.07) is 0. The summed E-state index contributed by atoms with van der Waals surface area (Å²) < 4.78 is 0. The van der Waals surface area contributed by atoms with E-state index in [1.165, 1.54) is 19.3 Å². The lowest BCUT2D eigenvalue weighted by Gasteiger charge is -2.23. The van der Waals surface area contributed by atoms with Gasteiger partial charge in [0.1, 0.15) is 5.69 Å². The molecule has 0 unspecified atom stereocenters. The van der Waals surface area contributed by atoms with Crippen molar-refractivity contribution in [3.05, 3.63) is 11.5 Å². The first kappa shape index (κ1) is 12.7. The molecule has 19 heavy (non-hydrogen) atoms. The number of rotatable bonds is 3. The normalized spacial score (nSPS) is 19.4. The van der Waals surface area contributed by atoms with E-state index in [-0.39, 0.29) is 11.2 Å². The number of carbonyl (C=O) groups excluding carboxylic acids is 1. The van der Waals surface area contributed by atoms with E-state index in [4.69, 9.17) is 11.6 Å². The molecule has 1 aliphatic heterocycles. The van der Waals surface area contributed by atoms with Gasteiger partial charge in [-0.2, -0.15) is 4.98 Å². The number of hydrogen-bond donors (Lipinski definition) is 0. The summed E-state index contributed by atoms with van der Waals surface area (Å²) in [5, 5.41) is 0.234. The van der Waals surface area contributed by atoms with Crippen LogP contribution >= 0.6 is 11.6 Å². The summed E-state index contributed by atoms with van der Waals surface area (Å²) in [6.07, 6.45) is 5.99. The Morgan fingerprint density at radius 3 is 3.00 bits per heavy atom. The molecule has 0 spiro atoms. The molecule has 1 saturated carbocycles. The molecule has 0 bridgehead atoms. The van der Waals surface area contributed by atoms with Gasteiger partial charge in [-0.05, 0) is 23.9 Å². The van der Waals surface area contributed by atoms with Gasteiger partial charge in [0.25, 0.3) is 0 Å². The molecule has 1 fully saturated rings. The number of hydrogen-bond acceptors (Lipinski definition) is 4. The van der Waals surface area contributed by atoms with Crippen molar-refractivity contribution in [3.8, 4) is 0 Å². The second kappa shape index (κ2) is 4.96. The molecule has 0 N–H and O–H groups in total. The van der Waals surface area contributed by atoms with Crippen LogP contribution in [0.25, 0.3) is 0 Å². The Hall–Kier alpha value is -1.36. The fourth-order valence-electron chi connectivity index (χ4n) is 2.42. The molecule has 0 atom stereocenters. The van der Waals surface area contributed by atoms with E-state index >= 15 is 0 Å². The Morgan fingerprint density at radius 1 is 1.47 bits per heavy atom. The van der Waals surface area contributed by atoms with Gasteiger partial charge in [-0.1, -0.05) is 12.8 Å². The van der Waals surface area contributed by atoms with Gasteiger partial charge in [0.15, 0.2) is 5.82 Å². The van der Waals surface area contributed by atoms with Crippen molar-refractivity contribution in [2.24, 2.45) is 5.92 Å². The van der Waals surface area contributed by atoms with Crippen LogP contribution in [-0.2, 0) is 4.79 Å². The Balaban J connectivity index is 1.90. The van der Waals surface area contributed by atoms with Crippen molar-refractivity contribution in [1.29, 1.82) is 0 Å². The fourth-order valence-corrected chi connectivity index (χ4v) is 2.55. The van der Waals surface area contributed by atoms with Gasteiger partial charge in [0, 0.05) is 26.6 Å². The third kappa shape index (κ3) is 2.66. The molecule has 0 saturated heterocycles. The van der Waals surface area contributed by atoms with Gasteiger partial charge in [0.2, 0.25) is 11.2 Å². The maximum Gasteiger partial charge on any atom is 0.228 e. The van der Waals surface area contributed by atoms with Crippen LogP contribution in [0.3, 0.4) is 0 Å². The maximum atomic E-state index is 12.0. The molecule has 1 amide bonds. The number of aromatic nitrogens is 2. The van der Waals surface area contributed by atoms with Crippen molar-refractivity contribution in [2.45, 2.75) is 25.7 Å². The van der Waals surface area contributed by atoms with Gasteiger partial charge < -0.3 is 9.80 Å². The van der Waals surface area contributed by atoms with Crippen LogP contribution in [0.2, 0.25) is 5.28 Å². The van der Waals surface area contributed by atoms with Crippen molar-refractivity contribution in [3.63, 3.8) is 0 Å². The summed E-state index contributed by atoms with van der Waals surface area (Å²) in [6.45, 7) is 1.64. The minimum Gasteiger partial charge on any atom is -0.354 e. The molecule has 5 nitrogen and oxygen atoms in total. The molecular formula is C13H17ClN4O. The smallest absolute Gasteiger partial charge is 0.228 e. The van der Waals surface area contributed by atoms with Crippen molar-refractivity contribution in [1.82, 2.24) is 9.97 Å². The molecule has 1 aliphatic carbocycles.